The zero-order valence-electron chi connectivity index (χ0n) is 14.8. The summed E-state index contributed by atoms with van der Waals surface area (Å²) >= 11 is 0. The van der Waals surface area contributed by atoms with Gasteiger partial charge in [0.25, 0.3) is 0 Å². The van der Waals surface area contributed by atoms with E-state index in [1.54, 1.807) is 30.3 Å². The minimum Gasteiger partial charge on any atom is -0.339 e. The van der Waals surface area contributed by atoms with Crippen LogP contribution in [0.2, 0.25) is 0 Å². The van der Waals surface area contributed by atoms with Crippen molar-refractivity contribution in [3.8, 4) is 0 Å². The van der Waals surface area contributed by atoms with Crippen LogP contribution in [0.25, 0.3) is 0 Å². The fourth-order valence-electron chi connectivity index (χ4n) is 4.40. The van der Waals surface area contributed by atoms with Crippen molar-refractivity contribution in [3.05, 3.63) is 101 Å². The van der Waals surface area contributed by atoms with Gasteiger partial charge in [0.1, 0.15) is 5.82 Å². The number of carbonyl (C=O) groups excluding carboxylic acids is 2. The lowest BCUT2D eigenvalue weighted by Crippen LogP contribution is -2.56. The number of para-hydroxylation sites is 1. The molecule has 0 radical (unpaired) electrons. The van der Waals surface area contributed by atoms with Gasteiger partial charge in [0.15, 0.2) is 11.3 Å². The van der Waals surface area contributed by atoms with Gasteiger partial charge >= 0.3 is 5.97 Å². The molecule has 0 amide bonds. The van der Waals surface area contributed by atoms with E-state index in [4.69, 9.17) is 4.84 Å². The van der Waals surface area contributed by atoms with Gasteiger partial charge in [-0.1, -0.05) is 54.6 Å². The van der Waals surface area contributed by atoms with Crippen LogP contribution in [0.1, 0.15) is 33.8 Å². The number of hydrogen-bond donors (Lipinski definition) is 0. The van der Waals surface area contributed by atoms with E-state index in [1.807, 2.05) is 36.4 Å². The number of ketones is 1. The van der Waals surface area contributed by atoms with Crippen molar-refractivity contribution in [2.75, 3.05) is 5.06 Å². The third-order valence-corrected chi connectivity index (χ3v) is 5.59. The fraction of sp³-hybridized carbons (Fsp3) is 0.130. The van der Waals surface area contributed by atoms with Gasteiger partial charge in [-0.15, -0.1) is 0 Å². The molecule has 0 N–H and O–H groups in total. The third-order valence-electron chi connectivity index (χ3n) is 5.59. The van der Waals surface area contributed by atoms with Crippen LogP contribution >= 0.6 is 0 Å². The van der Waals surface area contributed by atoms with Crippen LogP contribution in [-0.2, 0) is 15.2 Å². The zero-order chi connectivity index (χ0) is 19.3. The molecule has 0 aromatic heterocycles. The van der Waals surface area contributed by atoms with E-state index in [0.29, 0.717) is 16.8 Å². The Balaban J connectivity index is 1.81. The number of halogens is 1. The molecule has 2 aliphatic heterocycles. The van der Waals surface area contributed by atoms with E-state index in [1.165, 1.54) is 17.2 Å². The Bertz CT molecular complexity index is 1080. The van der Waals surface area contributed by atoms with Gasteiger partial charge in [0.05, 0.1) is 12.1 Å². The molecule has 0 saturated carbocycles. The highest BCUT2D eigenvalue weighted by Crippen LogP contribution is 2.55. The molecule has 5 heteroatoms. The average Bonchev–Trinajstić information content (AvgIpc) is 2.98. The van der Waals surface area contributed by atoms with Crippen LogP contribution in [0.3, 0.4) is 0 Å². The van der Waals surface area contributed by atoms with Gasteiger partial charge in [-0.2, -0.15) is 5.06 Å². The highest BCUT2D eigenvalue weighted by molar-refractivity contribution is 6.15. The Labute approximate surface area is 161 Å². The molecule has 5 rings (SSSR count). The fourth-order valence-corrected chi connectivity index (χ4v) is 4.40. The predicted molar refractivity (Wildman–Crippen MR) is 101 cm³/mol. The highest BCUT2D eigenvalue weighted by Gasteiger charge is 2.62. The molecule has 3 aromatic rings. The summed E-state index contributed by atoms with van der Waals surface area (Å²) in [5.41, 5.74) is 1.30. The van der Waals surface area contributed by atoms with Gasteiger partial charge in [0.2, 0.25) is 0 Å². The monoisotopic (exact) mass is 373 g/mol. The SMILES string of the molecule is O=C1C[C@@H](c2ccc(F)cc2)[C@]2(c3ccccc3)C(=O)c3ccccc3N2O1. The van der Waals surface area contributed by atoms with Gasteiger partial charge < -0.3 is 4.84 Å². The normalized spacial score (nSPS) is 23.2. The Morgan fingerprint density at radius 3 is 2.32 bits per heavy atom. The standard InChI is InChI=1S/C23H16FNO3/c24-17-12-10-15(11-13-17)19-14-21(26)28-25-20-9-5-4-8-18(20)22(27)23(19,25)16-6-2-1-3-7-16/h1-13,19H,14H2/t19-,23+/m0/s1. The molecule has 2 atom stereocenters. The largest absolute Gasteiger partial charge is 0.339 e. The van der Waals surface area contributed by atoms with Crippen LogP contribution in [0.4, 0.5) is 10.1 Å². The Hall–Kier alpha value is -3.47. The zero-order valence-corrected chi connectivity index (χ0v) is 14.8. The minimum absolute atomic E-state index is 0.0246. The number of fused-ring (bicyclic) bond motifs is 3. The Morgan fingerprint density at radius 1 is 0.893 bits per heavy atom. The summed E-state index contributed by atoms with van der Waals surface area (Å²) in [4.78, 5) is 31.9. The number of rotatable bonds is 2. The van der Waals surface area contributed by atoms with Crippen LogP contribution in [0.15, 0.2) is 78.9 Å². The number of Topliss-reactive ketones (excluding diaryl/α,β-unsaturated/α-hetero) is 1. The van der Waals surface area contributed by atoms with Crippen LogP contribution in [-0.4, -0.2) is 11.8 Å². The smallest absolute Gasteiger partial charge is 0.333 e. The molecule has 0 unspecified atom stereocenters. The van der Waals surface area contributed by atoms with Crippen LogP contribution < -0.4 is 5.06 Å². The molecular weight excluding hydrogens is 357 g/mol. The molecule has 1 saturated heterocycles. The van der Waals surface area contributed by atoms with Gasteiger partial charge in [-0.3, -0.25) is 4.79 Å². The molecule has 2 heterocycles. The van der Waals surface area contributed by atoms with E-state index in [2.05, 4.69) is 0 Å². The second-order valence-electron chi connectivity index (χ2n) is 7.04. The average molecular weight is 373 g/mol. The molecule has 28 heavy (non-hydrogen) atoms. The predicted octanol–water partition coefficient (Wildman–Crippen LogP) is 4.37. The first-order chi connectivity index (χ1) is 13.6. The minimum atomic E-state index is -1.23. The van der Waals surface area contributed by atoms with Crippen molar-refractivity contribution in [3.63, 3.8) is 0 Å². The maximum absolute atomic E-state index is 13.8. The third kappa shape index (κ3) is 2.16. The lowest BCUT2D eigenvalue weighted by molar-refractivity contribution is -0.153. The van der Waals surface area contributed by atoms with Crippen molar-refractivity contribution in [1.82, 2.24) is 0 Å². The summed E-state index contributed by atoms with van der Waals surface area (Å²) in [6.45, 7) is 0. The quantitative estimate of drug-likeness (QED) is 0.669. The first kappa shape index (κ1) is 16.7. The molecule has 0 spiro atoms. The van der Waals surface area contributed by atoms with Crippen molar-refractivity contribution < 1.29 is 18.8 Å². The number of anilines is 1. The van der Waals surface area contributed by atoms with Crippen LogP contribution in [0.5, 0.6) is 0 Å². The summed E-state index contributed by atoms with van der Waals surface area (Å²) in [5, 5.41) is 1.46. The van der Waals surface area contributed by atoms with Crippen LogP contribution in [0, 0.1) is 5.82 Å². The van der Waals surface area contributed by atoms with Crippen molar-refractivity contribution in [2.45, 2.75) is 17.9 Å². The summed E-state index contributed by atoms with van der Waals surface area (Å²) in [7, 11) is 0. The number of hydrogen-bond acceptors (Lipinski definition) is 4. The number of hydroxylamine groups is 1. The molecular formula is C23H16FNO3. The van der Waals surface area contributed by atoms with Gasteiger partial charge in [0, 0.05) is 11.5 Å². The Morgan fingerprint density at radius 2 is 1.57 bits per heavy atom. The van der Waals surface area contributed by atoms with Crippen molar-refractivity contribution in [1.29, 1.82) is 0 Å². The molecule has 3 aromatic carbocycles. The second kappa shape index (κ2) is 6.02. The first-order valence-electron chi connectivity index (χ1n) is 9.08. The topological polar surface area (TPSA) is 46.6 Å². The van der Waals surface area contributed by atoms with E-state index >= 15 is 0 Å². The van der Waals surface area contributed by atoms with E-state index in [9.17, 15) is 14.0 Å². The van der Waals surface area contributed by atoms with Crippen molar-refractivity contribution in [2.24, 2.45) is 0 Å². The van der Waals surface area contributed by atoms with E-state index in [-0.39, 0.29) is 18.0 Å². The lowest BCUT2D eigenvalue weighted by Gasteiger charge is -2.46. The van der Waals surface area contributed by atoms with E-state index < -0.39 is 17.4 Å². The molecule has 0 aliphatic carbocycles. The number of nitrogens with zero attached hydrogens (tertiary/aromatic N) is 1. The van der Waals surface area contributed by atoms with Crippen molar-refractivity contribution >= 4 is 17.4 Å². The molecule has 2 aliphatic rings. The number of carbonyl (C=O) groups is 2. The summed E-state index contributed by atoms with van der Waals surface area (Å²) in [5.74, 6) is -1.44. The van der Waals surface area contributed by atoms with Gasteiger partial charge in [-0.05, 0) is 35.4 Å². The van der Waals surface area contributed by atoms with E-state index in [0.717, 1.165) is 5.56 Å². The van der Waals surface area contributed by atoms with Gasteiger partial charge in [-0.25, -0.2) is 9.18 Å². The lowest BCUT2D eigenvalue weighted by atomic mass is 9.70. The maximum Gasteiger partial charge on any atom is 0.333 e. The molecule has 1 fully saturated rings. The molecule has 4 nitrogen and oxygen atoms in total. The molecule has 138 valence electrons. The maximum atomic E-state index is 13.8. The second-order valence-corrected chi connectivity index (χ2v) is 7.04. The first-order valence-corrected chi connectivity index (χ1v) is 9.08. The summed E-state index contributed by atoms with van der Waals surface area (Å²) in [6, 6.07) is 22.4. The Kier molecular flexibility index (Phi) is 3.59. The number of benzene rings is 3. The highest BCUT2D eigenvalue weighted by atomic mass is 19.1. The summed E-state index contributed by atoms with van der Waals surface area (Å²) in [6.07, 6.45) is 0.0246. The molecule has 0 bridgehead atoms. The summed E-state index contributed by atoms with van der Waals surface area (Å²) < 4.78 is 13.5.